The Kier molecular flexibility index (Phi) is 9.80. The van der Waals surface area contributed by atoms with Crippen molar-refractivity contribution in [2.75, 3.05) is 0 Å². The standard InChI is InChI=1S/C47H52N4O/c1-29(2)21-34-24-41(31(5)6)46(32(7)8)42(22-30(3)4)47(34)35-27-49-50(28-35)36-13-12-14-37(25-36)52-38-17-18-40-39-15-10-11-16-43(39)51(44(40)26-38)45-23-33(9)19-20-48-45/h10-20,23-32H,21-22H2,1-9H3. The molecule has 0 amide bonds. The fourth-order valence-electron chi connectivity index (χ4n) is 7.90. The number of nitrogens with zero attached hydrogens (tertiary/aromatic N) is 4. The number of hydrogen-bond donors (Lipinski definition) is 0. The van der Waals surface area contributed by atoms with Crippen molar-refractivity contribution in [3.63, 3.8) is 0 Å². The molecule has 0 saturated carbocycles. The minimum Gasteiger partial charge on any atom is -0.457 e. The number of benzene rings is 4. The summed E-state index contributed by atoms with van der Waals surface area (Å²) in [5.74, 6) is 4.43. The normalized spacial score (nSPS) is 12.0. The number of aromatic nitrogens is 4. The summed E-state index contributed by atoms with van der Waals surface area (Å²) in [6.07, 6.45) is 8.23. The Hall–Kier alpha value is -5.16. The molecule has 4 aromatic carbocycles. The molecule has 0 fully saturated rings. The quantitative estimate of drug-likeness (QED) is 0.136. The fourth-order valence-corrected chi connectivity index (χ4v) is 7.90. The second-order valence-corrected chi connectivity index (χ2v) is 15.9. The molecular weight excluding hydrogens is 637 g/mol. The summed E-state index contributed by atoms with van der Waals surface area (Å²) < 4.78 is 10.8. The topological polar surface area (TPSA) is 44.9 Å². The summed E-state index contributed by atoms with van der Waals surface area (Å²) in [6.45, 7) is 20.8. The first-order valence-electron chi connectivity index (χ1n) is 19.0. The van der Waals surface area contributed by atoms with E-state index in [1.54, 1.807) is 0 Å². The van der Waals surface area contributed by atoms with Crippen molar-refractivity contribution in [2.45, 2.75) is 87.0 Å². The summed E-state index contributed by atoms with van der Waals surface area (Å²) in [5, 5.41) is 7.31. The molecule has 3 heterocycles. The smallest absolute Gasteiger partial charge is 0.137 e. The van der Waals surface area contributed by atoms with E-state index >= 15 is 0 Å². The first-order chi connectivity index (χ1) is 25.0. The maximum Gasteiger partial charge on any atom is 0.137 e. The van der Waals surface area contributed by atoms with Crippen molar-refractivity contribution in [1.29, 1.82) is 0 Å². The predicted octanol–water partition coefficient (Wildman–Crippen LogP) is 12.8. The lowest BCUT2D eigenvalue weighted by Gasteiger charge is -2.27. The van der Waals surface area contributed by atoms with Gasteiger partial charge in [0.05, 0.1) is 22.9 Å². The van der Waals surface area contributed by atoms with Crippen LogP contribution in [-0.4, -0.2) is 19.3 Å². The highest BCUT2D eigenvalue weighted by molar-refractivity contribution is 6.09. The summed E-state index contributed by atoms with van der Waals surface area (Å²) in [7, 11) is 0. The molecule has 0 radical (unpaired) electrons. The number of para-hydroxylation sites is 1. The number of aryl methyl sites for hydroxylation is 1. The summed E-state index contributed by atoms with van der Waals surface area (Å²) in [6, 6.07) is 29.7. The predicted molar refractivity (Wildman–Crippen MR) is 218 cm³/mol. The highest BCUT2D eigenvalue weighted by Gasteiger charge is 2.24. The Balaban J connectivity index is 1.27. The third kappa shape index (κ3) is 6.89. The molecule has 0 N–H and O–H groups in total. The van der Waals surface area contributed by atoms with Gasteiger partial charge in [0.25, 0.3) is 0 Å². The van der Waals surface area contributed by atoms with Crippen LogP contribution in [-0.2, 0) is 12.8 Å². The first kappa shape index (κ1) is 35.3. The number of hydrogen-bond acceptors (Lipinski definition) is 3. The molecule has 5 nitrogen and oxygen atoms in total. The van der Waals surface area contributed by atoms with Gasteiger partial charge in [-0.05, 0) is 119 Å². The molecule has 0 spiro atoms. The second kappa shape index (κ2) is 14.5. The van der Waals surface area contributed by atoms with Gasteiger partial charge in [0.15, 0.2) is 0 Å². The molecule has 0 atom stereocenters. The van der Waals surface area contributed by atoms with Gasteiger partial charge in [0.2, 0.25) is 0 Å². The van der Waals surface area contributed by atoms with E-state index in [4.69, 9.17) is 14.8 Å². The van der Waals surface area contributed by atoms with Crippen molar-refractivity contribution in [2.24, 2.45) is 11.8 Å². The van der Waals surface area contributed by atoms with Gasteiger partial charge in [-0.2, -0.15) is 5.10 Å². The Morgan fingerprint density at radius 1 is 0.692 bits per heavy atom. The maximum atomic E-state index is 6.58. The Labute approximate surface area is 309 Å². The lowest BCUT2D eigenvalue weighted by atomic mass is 9.77. The Morgan fingerprint density at radius 2 is 1.44 bits per heavy atom. The van der Waals surface area contributed by atoms with Crippen LogP contribution < -0.4 is 4.74 Å². The van der Waals surface area contributed by atoms with Gasteiger partial charge in [0.1, 0.15) is 17.3 Å². The zero-order valence-corrected chi connectivity index (χ0v) is 32.2. The van der Waals surface area contributed by atoms with Crippen molar-refractivity contribution in [1.82, 2.24) is 19.3 Å². The van der Waals surface area contributed by atoms with E-state index in [0.717, 1.165) is 46.9 Å². The minimum absolute atomic E-state index is 0.440. The van der Waals surface area contributed by atoms with E-state index in [-0.39, 0.29) is 0 Å². The molecule has 7 rings (SSSR count). The van der Waals surface area contributed by atoms with Crippen LogP contribution in [0.2, 0.25) is 0 Å². The van der Waals surface area contributed by atoms with E-state index in [2.05, 4.69) is 146 Å². The molecule has 5 heteroatoms. The fraction of sp³-hybridized carbons (Fsp3) is 0.319. The zero-order valence-electron chi connectivity index (χ0n) is 32.2. The van der Waals surface area contributed by atoms with Crippen LogP contribution in [0.3, 0.4) is 0 Å². The van der Waals surface area contributed by atoms with Gasteiger partial charge >= 0.3 is 0 Å². The molecule has 7 aromatic rings. The largest absolute Gasteiger partial charge is 0.457 e. The summed E-state index contributed by atoms with van der Waals surface area (Å²) in [4.78, 5) is 4.74. The van der Waals surface area contributed by atoms with Crippen LogP contribution >= 0.6 is 0 Å². The summed E-state index contributed by atoms with van der Waals surface area (Å²) in [5.41, 5.74) is 12.8. The monoisotopic (exact) mass is 688 g/mol. The molecule has 0 aliphatic heterocycles. The van der Waals surface area contributed by atoms with Crippen molar-refractivity contribution in [3.8, 4) is 34.1 Å². The SMILES string of the molecule is Cc1ccnc(-n2c3ccccc3c3ccc(Oc4cccc(-n5cc(-c6c(CC(C)C)cc(C(C)C)c(C(C)C)c6CC(C)C)cn5)c4)cc32)c1. The average molecular weight is 689 g/mol. The van der Waals surface area contributed by atoms with Crippen LogP contribution in [0.1, 0.15) is 95.0 Å². The number of fused-ring (bicyclic) bond motifs is 3. The number of pyridine rings is 1. The number of ether oxygens (including phenoxy) is 1. The Bertz CT molecular complexity index is 2370. The maximum absolute atomic E-state index is 6.58. The van der Waals surface area contributed by atoms with Crippen molar-refractivity contribution < 1.29 is 4.74 Å². The molecule has 266 valence electrons. The highest BCUT2D eigenvalue weighted by Crippen LogP contribution is 2.41. The van der Waals surface area contributed by atoms with Crippen LogP contribution in [0, 0.1) is 18.8 Å². The van der Waals surface area contributed by atoms with E-state index in [1.807, 2.05) is 29.1 Å². The van der Waals surface area contributed by atoms with Gasteiger partial charge in [0, 0.05) is 40.9 Å². The van der Waals surface area contributed by atoms with Crippen molar-refractivity contribution >= 4 is 21.8 Å². The minimum atomic E-state index is 0.440. The van der Waals surface area contributed by atoms with E-state index in [9.17, 15) is 0 Å². The molecule has 52 heavy (non-hydrogen) atoms. The first-order valence-corrected chi connectivity index (χ1v) is 19.0. The molecular formula is C47H52N4O. The van der Waals surface area contributed by atoms with Crippen LogP contribution in [0.15, 0.2) is 104 Å². The molecule has 0 bridgehead atoms. The number of rotatable bonds is 11. The van der Waals surface area contributed by atoms with Crippen molar-refractivity contribution in [3.05, 3.63) is 131 Å². The van der Waals surface area contributed by atoms with Crippen LogP contribution in [0.5, 0.6) is 11.5 Å². The molecule has 0 unspecified atom stereocenters. The molecule has 0 aliphatic carbocycles. The van der Waals surface area contributed by atoms with Gasteiger partial charge in [-0.15, -0.1) is 0 Å². The van der Waals surface area contributed by atoms with E-state index < -0.39 is 0 Å². The van der Waals surface area contributed by atoms with Gasteiger partial charge in [-0.3, -0.25) is 4.57 Å². The third-order valence-corrected chi connectivity index (χ3v) is 9.99. The van der Waals surface area contributed by atoms with Gasteiger partial charge < -0.3 is 4.74 Å². The molecule has 3 aromatic heterocycles. The lowest BCUT2D eigenvalue weighted by Crippen LogP contribution is -2.12. The molecule has 0 saturated heterocycles. The van der Waals surface area contributed by atoms with E-state index in [0.29, 0.717) is 23.7 Å². The third-order valence-electron chi connectivity index (χ3n) is 9.99. The van der Waals surface area contributed by atoms with Crippen LogP contribution in [0.4, 0.5) is 0 Å². The average Bonchev–Trinajstić information content (AvgIpc) is 3.70. The highest BCUT2D eigenvalue weighted by atomic mass is 16.5. The van der Waals surface area contributed by atoms with Crippen LogP contribution in [0.25, 0.3) is 44.4 Å². The van der Waals surface area contributed by atoms with Gasteiger partial charge in [-0.1, -0.05) is 85.7 Å². The Morgan fingerprint density at radius 3 is 2.17 bits per heavy atom. The molecule has 0 aliphatic rings. The summed E-state index contributed by atoms with van der Waals surface area (Å²) >= 11 is 0. The zero-order chi connectivity index (χ0) is 36.7. The van der Waals surface area contributed by atoms with Gasteiger partial charge in [-0.25, -0.2) is 9.67 Å². The lowest BCUT2D eigenvalue weighted by molar-refractivity contribution is 0.483. The van der Waals surface area contributed by atoms with E-state index in [1.165, 1.54) is 49.7 Å². The second-order valence-electron chi connectivity index (χ2n) is 15.9.